The third kappa shape index (κ3) is 6.64. The van der Waals surface area contributed by atoms with Gasteiger partial charge in [0.15, 0.2) is 0 Å². The summed E-state index contributed by atoms with van der Waals surface area (Å²) in [6.45, 7) is 8.30. The first-order valence-corrected chi connectivity index (χ1v) is 4.03. The first-order chi connectivity index (χ1) is 5.07. The molecule has 0 saturated carbocycles. The maximum atomic E-state index is 5.41. The Morgan fingerprint density at radius 3 is 2.00 bits per heavy atom. The Kier molecular flexibility index (Phi) is 9.14. The van der Waals surface area contributed by atoms with Crippen molar-refractivity contribution in [1.82, 2.24) is 0 Å². The predicted molar refractivity (Wildman–Crippen MR) is 66.2 cm³/mol. The molecule has 0 aliphatic carbocycles. The van der Waals surface area contributed by atoms with E-state index in [2.05, 4.69) is 18.8 Å². The quantitative estimate of drug-likeness (QED) is 0.627. The van der Waals surface area contributed by atoms with Gasteiger partial charge < -0.3 is 5.73 Å². The zero-order chi connectivity index (χ0) is 8.85. The van der Waals surface area contributed by atoms with E-state index in [0.29, 0.717) is 12.0 Å². The summed E-state index contributed by atoms with van der Waals surface area (Å²) in [4.78, 5) is 4.24. The van der Waals surface area contributed by atoms with Crippen molar-refractivity contribution < 1.29 is 0 Å². The van der Waals surface area contributed by atoms with Crippen LogP contribution >= 0.6 is 24.0 Å². The zero-order valence-corrected chi connectivity index (χ0v) is 10.6. The molecule has 0 atom stereocenters. The van der Waals surface area contributed by atoms with Gasteiger partial charge in [0, 0.05) is 12.3 Å². The van der Waals surface area contributed by atoms with Gasteiger partial charge in [0.2, 0.25) is 0 Å². The minimum absolute atomic E-state index is 0. The third-order valence-electron chi connectivity index (χ3n) is 1.38. The molecule has 0 unspecified atom stereocenters. The molecule has 2 nitrogen and oxygen atoms in total. The summed E-state index contributed by atoms with van der Waals surface area (Å²) in [6, 6.07) is 0.351. The van der Waals surface area contributed by atoms with Crippen LogP contribution in [0.5, 0.6) is 0 Å². The van der Waals surface area contributed by atoms with Gasteiger partial charge in [0.1, 0.15) is 0 Å². The van der Waals surface area contributed by atoms with Gasteiger partial charge in [-0.3, -0.25) is 4.99 Å². The third-order valence-corrected chi connectivity index (χ3v) is 1.38. The molecule has 0 fully saturated rings. The van der Waals surface area contributed by atoms with Crippen LogP contribution in [-0.2, 0) is 0 Å². The standard InChI is InChI=1S/C9H18N2.HI/c1-7(2)9(5-10)6-11-8(3)4;/h5-8H,10H2,1-4H3;1H/b9-5+,11-6?;. The highest BCUT2D eigenvalue weighted by molar-refractivity contribution is 14.0. The van der Waals surface area contributed by atoms with Crippen LogP contribution in [0.15, 0.2) is 16.8 Å². The number of allylic oxidation sites excluding steroid dienone is 1. The number of rotatable bonds is 3. The minimum atomic E-state index is 0. The van der Waals surface area contributed by atoms with Gasteiger partial charge in [-0.05, 0) is 31.5 Å². The van der Waals surface area contributed by atoms with Crippen LogP contribution in [0.2, 0.25) is 0 Å². The maximum absolute atomic E-state index is 5.41. The van der Waals surface area contributed by atoms with E-state index in [9.17, 15) is 0 Å². The summed E-state index contributed by atoms with van der Waals surface area (Å²) in [5.74, 6) is 0.461. The van der Waals surface area contributed by atoms with Crippen molar-refractivity contribution in [2.75, 3.05) is 0 Å². The number of aliphatic imine (C=N–C) groups is 1. The molecule has 0 aromatic heterocycles. The smallest absolute Gasteiger partial charge is 0.0443 e. The molecule has 0 amide bonds. The summed E-state index contributed by atoms with van der Waals surface area (Å²) < 4.78 is 0. The highest BCUT2D eigenvalue weighted by atomic mass is 127. The van der Waals surface area contributed by atoms with Crippen LogP contribution < -0.4 is 5.73 Å². The second-order valence-corrected chi connectivity index (χ2v) is 3.19. The molecule has 0 aromatic carbocycles. The normalized spacial score (nSPS) is 12.7. The zero-order valence-electron chi connectivity index (χ0n) is 8.24. The van der Waals surface area contributed by atoms with Crippen LogP contribution in [0, 0.1) is 5.92 Å². The Hall–Kier alpha value is -0.0600. The van der Waals surface area contributed by atoms with Crippen LogP contribution in [0.1, 0.15) is 27.7 Å². The molecule has 3 heteroatoms. The lowest BCUT2D eigenvalue weighted by Gasteiger charge is -2.04. The lowest BCUT2D eigenvalue weighted by Crippen LogP contribution is -2.01. The first kappa shape index (κ1) is 14.5. The molecule has 0 radical (unpaired) electrons. The number of nitrogens with two attached hydrogens (primary N) is 1. The summed E-state index contributed by atoms with van der Waals surface area (Å²) in [5, 5.41) is 0. The monoisotopic (exact) mass is 282 g/mol. The highest BCUT2D eigenvalue weighted by Gasteiger charge is 1.97. The van der Waals surface area contributed by atoms with E-state index in [1.165, 1.54) is 0 Å². The lowest BCUT2D eigenvalue weighted by atomic mass is 10.1. The molecule has 0 aliphatic heterocycles. The maximum Gasteiger partial charge on any atom is 0.0443 e. The van der Waals surface area contributed by atoms with Crippen LogP contribution in [-0.4, -0.2) is 12.3 Å². The van der Waals surface area contributed by atoms with Crippen molar-refractivity contribution in [2.45, 2.75) is 33.7 Å². The molecule has 72 valence electrons. The molecule has 2 N–H and O–H groups in total. The molecule has 0 saturated heterocycles. The molecule has 0 heterocycles. The molecule has 0 aromatic rings. The van der Waals surface area contributed by atoms with E-state index in [1.54, 1.807) is 6.20 Å². The van der Waals surface area contributed by atoms with Crippen LogP contribution in [0.25, 0.3) is 0 Å². The van der Waals surface area contributed by atoms with Crippen molar-refractivity contribution in [3.63, 3.8) is 0 Å². The van der Waals surface area contributed by atoms with Crippen molar-refractivity contribution in [3.8, 4) is 0 Å². The van der Waals surface area contributed by atoms with E-state index in [4.69, 9.17) is 5.73 Å². The lowest BCUT2D eigenvalue weighted by molar-refractivity contribution is 0.792. The minimum Gasteiger partial charge on any atom is -0.404 e. The van der Waals surface area contributed by atoms with Gasteiger partial charge >= 0.3 is 0 Å². The Labute approximate surface area is 92.3 Å². The Morgan fingerprint density at radius 1 is 1.25 bits per heavy atom. The van der Waals surface area contributed by atoms with Crippen molar-refractivity contribution in [1.29, 1.82) is 0 Å². The largest absolute Gasteiger partial charge is 0.404 e. The Bertz CT molecular complexity index is 160. The van der Waals surface area contributed by atoms with Gasteiger partial charge in [-0.15, -0.1) is 24.0 Å². The van der Waals surface area contributed by atoms with Crippen molar-refractivity contribution in [3.05, 3.63) is 11.8 Å². The van der Waals surface area contributed by atoms with Gasteiger partial charge in [-0.1, -0.05) is 13.8 Å². The Balaban J connectivity index is 0. The van der Waals surface area contributed by atoms with E-state index in [1.807, 2.05) is 20.1 Å². The fourth-order valence-corrected chi connectivity index (χ4v) is 0.620. The van der Waals surface area contributed by atoms with E-state index < -0.39 is 0 Å². The fourth-order valence-electron chi connectivity index (χ4n) is 0.620. The first-order valence-electron chi connectivity index (χ1n) is 4.03. The van der Waals surface area contributed by atoms with E-state index in [-0.39, 0.29) is 24.0 Å². The molecule has 0 spiro atoms. The Morgan fingerprint density at radius 2 is 1.75 bits per heavy atom. The number of nitrogens with zero attached hydrogens (tertiary/aromatic N) is 1. The van der Waals surface area contributed by atoms with Crippen molar-refractivity contribution >= 4 is 30.2 Å². The SMILES string of the molecule is CC(C)N=C/C(=C\N)C(C)C.I. The van der Waals surface area contributed by atoms with Crippen LogP contribution in [0.3, 0.4) is 0 Å². The van der Waals surface area contributed by atoms with Gasteiger partial charge in [0.25, 0.3) is 0 Å². The number of halogens is 1. The second-order valence-electron chi connectivity index (χ2n) is 3.19. The molecule has 0 rings (SSSR count). The highest BCUT2D eigenvalue weighted by Crippen LogP contribution is 2.04. The molecule has 0 bridgehead atoms. The number of hydrogen-bond donors (Lipinski definition) is 1. The molecule has 12 heavy (non-hydrogen) atoms. The van der Waals surface area contributed by atoms with Gasteiger partial charge in [0.05, 0.1) is 0 Å². The molecular formula is C9H19IN2. The average Bonchev–Trinajstić information content (AvgIpc) is 1.87. The van der Waals surface area contributed by atoms with E-state index >= 15 is 0 Å². The summed E-state index contributed by atoms with van der Waals surface area (Å²) in [7, 11) is 0. The number of hydrogen-bond acceptors (Lipinski definition) is 2. The summed E-state index contributed by atoms with van der Waals surface area (Å²) in [5.41, 5.74) is 6.50. The topological polar surface area (TPSA) is 38.4 Å². The van der Waals surface area contributed by atoms with Gasteiger partial charge in [-0.25, -0.2) is 0 Å². The van der Waals surface area contributed by atoms with Crippen LogP contribution in [0.4, 0.5) is 0 Å². The van der Waals surface area contributed by atoms with Crippen molar-refractivity contribution in [2.24, 2.45) is 16.6 Å². The summed E-state index contributed by atoms with van der Waals surface area (Å²) >= 11 is 0. The predicted octanol–water partition coefficient (Wildman–Crippen LogP) is 2.58. The fraction of sp³-hybridized carbons (Fsp3) is 0.667. The van der Waals surface area contributed by atoms with Gasteiger partial charge in [-0.2, -0.15) is 0 Å². The molecule has 0 aliphatic rings. The molecular weight excluding hydrogens is 263 g/mol. The average molecular weight is 282 g/mol. The van der Waals surface area contributed by atoms with E-state index in [0.717, 1.165) is 5.57 Å². The second kappa shape index (κ2) is 7.58. The summed E-state index contributed by atoms with van der Waals surface area (Å²) in [6.07, 6.45) is 3.48.